The van der Waals surface area contributed by atoms with E-state index in [-0.39, 0.29) is 11.5 Å². The number of hydrogen-bond donors (Lipinski definition) is 0. The smallest absolute Gasteiger partial charge is 0.338 e. The molecule has 0 saturated carbocycles. The van der Waals surface area contributed by atoms with Gasteiger partial charge in [-0.1, -0.05) is 12.1 Å². The van der Waals surface area contributed by atoms with Crippen molar-refractivity contribution < 1.29 is 13.9 Å². The number of hydrogen-bond acceptors (Lipinski definition) is 7. The molecular weight excluding hydrogens is 390 g/mol. The molecule has 29 heavy (non-hydrogen) atoms. The van der Waals surface area contributed by atoms with Gasteiger partial charge in [0.05, 0.1) is 23.8 Å². The predicted octanol–water partition coefficient (Wildman–Crippen LogP) is 4.09. The third kappa shape index (κ3) is 3.74. The molecule has 0 bridgehead atoms. The molecule has 0 amide bonds. The van der Waals surface area contributed by atoms with Crippen molar-refractivity contribution in [3.63, 3.8) is 0 Å². The Bertz CT molecular complexity index is 1270. The normalized spacial score (nSPS) is 11.4. The van der Waals surface area contributed by atoms with Gasteiger partial charge in [-0.3, -0.25) is 4.79 Å². The van der Waals surface area contributed by atoms with Crippen LogP contribution in [0.25, 0.3) is 21.5 Å². The van der Waals surface area contributed by atoms with Gasteiger partial charge in [-0.15, -0.1) is 11.3 Å². The number of aromatic nitrogens is 2. The lowest BCUT2D eigenvalue weighted by molar-refractivity contribution is 0.0526. The van der Waals surface area contributed by atoms with E-state index >= 15 is 0 Å². The topological polar surface area (TPSA) is 86.7 Å². The largest absolute Gasteiger partial charge is 0.462 e. The standard InChI is InChI=1S/C21H17N3O4S/c1-3-27-21(26)15-6-4-14(5-7-15)18-9-8-16(28-18)12-22-24-13(2)23-19-17(20(24)25)10-11-29-19/h4-12H,3H2,1-2H3/b22-12-. The summed E-state index contributed by atoms with van der Waals surface area (Å²) in [5.74, 6) is 1.26. The summed E-state index contributed by atoms with van der Waals surface area (Å²) < 4.78 is 12.0. The van der Waals surface area contributed by atoms with Crippen molar-refractivity contribution in [2.24, 2.45) is 5.10 Å². The molecule has 7 nitrogen and oxygen atoms in total. The molecule has 0 aliphatic rings. The van der Waals surface area contributed by atoms with Crippen molar-refractivity contribution in [3.8, 4) is 11.3 Å². The van der Waals surface area contributed by atoms with Crippen molar-refractivity contribution in [3.05, 3.63) is 75.3 Å². The summed E-state index contributed by atoms with van der Waals surface area (Å²) in [6, 6.07) is 12.3. The molecule has 8 heteroatoms. The Hall–Kier alpha value is -3.52. The number of carbonyl (C=O) groups excluding carboxylic acids is 1. The van der Waals surface area contributed by atoms with Gasteiger partial charge in [0.25, 0.3) is 5.56 Å². The molecule has 0 fully saturated rings. The van der Waals surface area contributed by atoms with Crippen LogP contribution in [0.4, 0.5) is 0 Å². The Morgan fingerprint density at radius 1 is 1.24 bits per heavy atom. The Morgan fingerprint density at radius 2 is 2.03 bits per heavy atom. The lowest BCUT2D eigenvalue weighted by atomic mass is 10.1. The number of carbonyl (C=O) groups is 1. The van der Waals surface area contributed by atoms with Gasteiger partial charge >= 0.3 is 5.97 Å². The molecule has 4 rings (SSSR count). The van der Waals surface area contributed by atoms with Gasteiger partial charge < -0.3 is 9.15 Å². The van der Waals surface area contributed by atoms with Crippen LogP contribution in [0.5, 0.6) is 0 Å². The molecule has 4 aromatic rings. The van der Waals surface area contributed by atoms with Gasteiger partial charge in [0, 0.05) is 5.56 Å². The molecule has 0 atom stereocenters. The first-order chi connectivity index (χ1) is 14.1. The minimum Gasteiger partial charge on any atom is -0.462 e. The Labute approximate surface area is 169 Å². The molecule has 0 spiro atoms. The van der Waals surface area contributed by atoms with Crippen LogP contribution < -0.4 is 5.56 Å². The number of nitrogens with zero attached hydrogens (tertiary/aromatic N) is 3. The van der Waals surface area contributed by atoms with Crippen molar-refractivity contribution in [2.75, 3.05) is 6.61 Å². The zero-order valence-corrected chi connectivity index (χ0v) is 16.6. The first kappa shape index (κ1) is 18.8. The third-order valence-electron chi connectivity index (χ3n) is 4.25. The molecule has 3 heterocycles. The van der Waals surface area contributed by atoms with Crippen LogP contribution in [-0.2, 0) is 4.74 Å². The van der Waals surface area contributed by atoms with E-state index < -0.39 is 0 Å². The summed E-state index contributed by atoms with van der Waals surface area (Å²) in [6.45, 7) is 3.83. The first-order valence-electron chi connectivity index (χ1n) is 8.95. The van der Waals surface area contributed by atoms with Crippen LogP contribution in [0.2, 0.25) is 0 Å². The third-order valence-corrected chi connectivity index (χ3v) is 5.05. The van der Waals surface area contributed by atoms with Gasteiger partial charge in [-0.2, -0.15) is 9.78 Å². The minimum absolute atomic E-state index is 0.216. The SMILES string of the molecule is CCOC(=O)c1ccc(-c2ccc(/C=N\n3c(C)nc4sccc4c3=O)o2)cc1. The van der Waals surface area contributed by atoms with Crippen LogP contribution in [0.1, 0.15) is 28.9 Å². The second kappa shape index (κ2) is 7.84. The lowest BCUT2D eigenvalue weighted by Gasteiger charge is -2.03. The molecule has 0 N–H and O–H groups in total. The molecular formula is C21H17N3O4S. The molecule has 0 saturated heterocycles. The lowest BCUT2D eigenvalue weighted by Crippen LogP contribution is -2.19. The maximum Gasteiger partial charge on any atom is 0.338 e. The van der Waals surface area contributed by atoms with E-state index in [0.717, 1.165) is 5.56 Å². The van der Waals surface area contributed by atoms with E-state index in [0.29, 0.717) is 39.7 Å². The van der Waals surface area contributed by atoms with Crippen LogP contribution in [0.15, 0.2) is 62.2 Å². The van der Waals surface area contributed by atoms with Crippen LogP contribution in [0.3, 0.4) is 0 Å². The maximum absolute atomic E-state index is 12.5. The highest BCUT2D eigenvalue weighted by Crippen LogP contribution is 2.22. The summed E-state index contributed by atoms with van der Waals surface area (Å²) in [5, 5.41) is 6.61. The van der Waals surface area contributed by atoms with Crippen LogP contribution in [-0.4, -0.2) is 28.5 Å². The first-order valence-corrected chi connectivity index (χ1v) is 9.83. The maximum atomic E-state index is 12.5. The average molecular weight is 407 g/mol. The molecule has 0 unspecified atom stereocenters. The van der Waals surface area contributed by atoms with Crippen molar-refractivity contribution >= 4 is 33.7 Å². The van der Waals surface area contributed by atoms with E-state index in [2.05, 4.69) is 10.1 Å². The van der Waals surface area contributed by atoms with E-state index in [9.17, 15) is 9.59 Å². The summed E-state index contributed by atoms with van der Waals surface area (Å²) >= 11 is 1.42. The second-order valence-electron chi connectivity index (χ2n) is 6.16. The predicted molar refractivity (Wildman–Crippen MR) is 112 cm³/mol. The zero-order valence-electron chi connectivity index (χ0n) is 15.8. The number of benzene rings is 1. The number of furan rings is 1. The molecule has 3 aromatic heterocycles. The van der Waals surface area contributed by atoms with Gasteiger partial charge in [-0.25, -0.2) is 9.78 Å². The highest BCUT2D eigenvalue weighted by molar-refractivity contribution is 7.16. The van der Waals surface area contributed by atoms with E-state index in [1.165, 1.54) is 22.2 Å². The number of esters is 1. The Morgan fingerprint density at radius 3 is 2.79 bits per heavy atom. The molecule has 0 aliphatic heterocycles. The van der Waals surface area contributed by atoms with E-state index in [1.54, 1.807) is 56.3 Å². The highest BCUT2D eigenvalue weighted by atomic mass is 32.1. The number of aryl methyl sites for hydroxylation is 1. The monoisotopic (exact) mass is 407 g/mol. The summed E-state index contributed by atoms with van der Waals surface area (Å²) in [6.07, 6.45) is 1.48. The zero-order chi connectivity index (χ0) is 20.4. The molecule has 146 valence electrons. The summed E-state index contributed by atoms with van der Waals surface area (Å²) in [7, 11) is 0. The van der Waals surface area contributed by atoms with Gasteiger partial charge in [0.1, 0.15) is 22.2 Å². The van der Waals surface area contributed by atoms with Gasteiger partial charge in [0.15, 0.2) is 0 Å². The number of thiophene rings is 1. The quantitative estimate of drug-likeness (QED) is 0.367. The van der Waals surface area contributed by atoms with Gasteiger partial charge in [0.2, 0.25) is 0 Å². The molecule has 0 radical (unpaired) electrons. The Kier molecular flexibility index (Phi) is 5.09. The molecule has 0 aliphatic carbocycles. The average Bonchev–Trinajstić information content (AvgIpc) is 3.38. The van der Waals surface area contributed by atoms with Gasteiger partial charge in [-0.05, 0) is 49.6 Å². The number of ether oxygens (including phenoxy) is 1. The fourth-order valence-corrected chi connectivity index (χ4v) is 3.62. The van der Waals surface area contributed by atoms with Crippen molar-refractivity contribution in [1.82, 2.24) is 9.66 Å². The Balaban J connectivity index is 1.57. The van der Waals surface area contributed by atoms with Crippen molar-refractivity contribution in [1.29, 1.82) is 0 Å². The fraction of sp³-hybridized carbons (Fsp3) is 0.143. The second-order valence-corrected chi connectivity index (χ2v) is 7.05. The minimum atomic E-state index is -0.358. The fourth-order valence-electron chi connectivity index (χ4n) is 2.82. The molecule has 1 aromatic carbocycles. The van der Waals surface area contributed by atoms with Crippen LogP contribution >= 0.6 is 11.3 Å². The van der Waals surface area contributed by atoms with E-state index in [4.69, 9.17) is 9.15 Å². The number of rotatable bonds is 5. The van der Waals surface area contributed by atoms with Crippen molar-refractivity contribution in [2.45, 2.75) is 13.8 Å². The summed E-state index contributed by atoms with van der Waals surface area (Å²) in [5.41, 5.74) is 1.08. The van der Waals surface area contributed by atoms with Crippen LogP contribution in [0, 0.1) is 6.92 Å². The number of fused-ring (bicyclic) bond motifs is 1. The summed E-state index contributed by atoms with van der Waals surface area (Å²) in [4.78, 5) is 29.4. The highest BCUT2D eigenvalue weighted by Gasteiger charge is 2.10. The van der Waals surface area contributed by atoms with E-state index in [1.807, 2.05) is 5.38 Å².